The van der Waals surface area contributed by atoms with E-state index in [1.54, 1.807) is 26.2 Å². The lowest BCUT2D eigenvalue weighted by atomic mass is 9.74. The van der Waals surface area contributed by atoms with Gasteiger partial charge in [-0.25, -0.2) is 9.59 Å². The van der Waals surface area contributed by atoms with Gasteiger partial charge in [-0.1, -0.05) is 30.3 Å². The van der Waals surface area contributed by atoms with Crippen LogP contribution in [0.4, 0.5) is 4.79 Å². The lowest BCUT2D eigenvalue weighted by Crippen LogP contribution is -2.66. The number of aliphatic carboxylic acids is 1. The van der Waals surface area contributed by atoms with Crippen LogP contribution in [0.1, 0.15) is 61.1 Å². The van der Waals surface area contributed by atoms with Gasteiger partial charge in [0.05, 0.1) is 39.1 Å². The lowest BCUT2D eigenvalue weighted by molar-refractivity contribution is -0.155. The Kier molecular flexibility index (Phi) is 9.62. The van der Waals surface area contributed by atoms with E-state index < -0.39 is 23.6 Å². The molecule has 3 rings (SSSR count). The molecular formula is C29H40N2O7. The van der Waals surface area contributed by atoms with Gasteiger partial charge in [-0.15, -0.1) is 0 Å². The minimum Gasteiger partial charge on any atom is -0.496 e. The monoisotopic (exact) mass is 528 g/mol. The van der Waals surface area contributed by atoms with Gasteiger partial charge in [-0.2, -0.15) is 0 Å². The SMILES string of the molecule is COc1cc(C(C)N(CCOC(C)c2ccccc2)C(=O)NC2(C(=O)O)CC(OC)C2)c(C)c(OC)c1C. The predicted molar refractivity (Wildman–Crippen MR) is 144 cm³/mol. The number of nitrogens with zero attached hydrogens (tertiary/aromatic N) is 1. The van der Waals surface area contributed by atoms with Gasteiger partial charge in [-0.05, 0) is 50.5 Å². The summed E-state index contributed by atoms with van der Waals surface area (Å²) in [6.45, 7) is 8.22. The molecule has 1 fully saturated rings. The third-order valence-electron chi connectivity index (χ3n) is 7.58. The molecule has 2 aromatic rings. The van der Waals surface area contributed by atoms with Crippen molar-refractivity contribution in [1.82, 2.24) is 10.2 Å². The highest BCUT2D eigenvalue weighted by molar-refractivity contribution is 5.87. The largest absolute Gasteiger partial charge is 0.496 e. The third-order valence-corrected chi connectivity index (χ3v) is 7.58. The van der Waals surface area contributed by atoms with Crippen molar-refractivity contribution in [3.8, 4) is 11.5 Å². The third kappa shape index (κ3) is 6.05. The van der Waals surface area contributed by atoms with E-state index in [-0.39, 0.29) is 38.2 Å². The van der Waals surface area contributed by atoms with Crippen LogP contribution in [0.25, 0.3) is 0 Å². The van der Waals surface area contributed by atoms with Crippen LogP contribution in [0.3, 0.4) is 0 Å². The van der Waals surface area contributed by atoms with Crippen LogP contribution in [0, 0.1) is 13.8 Å². The summed E-state index contributed by atoms with van der Waals surface area (Å²) in [4.78, 5) is 27.4. The molecule has 0 aromatic heterocycles. The summed E-state index contributed by atoms with van der Waals surface area (Å²) < 4.78 is 22.6. The number of urea groups is 1. The second kappa shape index (κ2) is 12.5. The van der Waals surface area contributed by atoms with Crippen molar-refractivity contribution >= 4 is 12.0 Å². The van der Waals surface area contributed by atoms with Crippen molar-refractivity contribution in [2.45, 2.75) is 64.3 Å². The Hall–Kier alpha value is -3.30. The van der Waals surface area contributed by atoms with Gasteiger partial charge >= 0.3 is 12.0 Å². The van der Waals surface area contributed by atoms with Crippen LogP contribution in [-0.2, 0) is 14.3 Å². The van der Waals surface area contributed by atoms with E-state index in [9.17, 15) is 14.7 Å². The quantitative estimate of drug-likeness (QED) is 0.407. The molecule has 0 aliphatic heterocycles. The maximum absolute atomic E-state index is 13.7. The summed E-state index contributed by atoms with van der Waals surface area (Å²) in [5, 5.41) is 12.7. The lowest BCUT2D eigenvalue weighted by Gasteiger charge is -2.45. The van der Waals surface area contributed by atoms with Gasteiger partial charge in [0.1, 0.15) is 17.0 Å². The van der Waals surface area contributed by atoms with Crippen LogP contribution in [-0.4, -0.2) is 68.1 Å². The van der Waals surface area contributed by atoms with Gasteiger partial charge < -0.3 is 34.3 Å². The highest BCUT2D eigenvalue weighted by Crippen LogP contribution is 2.39. The number of carboxylic acid groups (broad SMARTS) is 1. The molecule has 2 atom stereocenters. The smallest absolute Gasteiger partial charge is 0.329 e. The van der Waals surface area contributed by atoms with E-state index in [4.69, 9.17) is 18.9 Å². The fourth-order valence-corrected chi connectivity index (χ4v) is 5.11. The molecule has 0 saturated heterocycles. The van der Waals surface area contributed by atoms with Gasteiger partial charge in [-0.3, -0.25) is 0 Å². The number of amides is 2. The number of hydrogen-bond donors (Lipinski definition) is 2. The Bertz CT molecular complexity index is 1120. The first kappa shape index (κ1) is 29.3. The molecule has 1 saturated carbocycles. The number of carbonyl (C=O) groups is 2. The summed E-state index contributed by atoms with van der Waals surface area (Å²) in [6.07, 6.45) is 0.0383. The zero-order chi connectivity index (χ0) is 28.0. The van der Waals surface area contributed by atoms with Gasteiger partial charge in [0, 0.05) is 32.1 Å². The maximum atomic E-state index is 13.7. The summed E-state index contributed by atoms with van der Waals surface area (Å²) in [5.41, 5.74) is 2.25. The highest BCUT2D eigenvalue weighted by atomic mass is 16.5. The number of carbonyl (C=O) groups excluding carboxylic acids is 1. The fourth-order valence-electron chi connectivity index (χ4n) is 5.11. The number of hydrogen-bond acceptors (Lipinski definition) is 6. The number of carboxylic acids is 1. The van der Waals surface area contributed by atoms with E-state index in [1.807, 2.05) is 64.1 Å². The van der Waals surface area contributed by atoms with Crippen LogP contribution in [0.2, 0.25) is 0 Å². The highest BCUT2D eigenvalue weighted by Gasteiger charge is 2.52. The second-order valence-corrected chi connectivity index (χ2v) is 9.83. The first-order valence-corrected chi connectivity index (χ1v) is 12.8. The van der Waals surface area contributed by atoms with Crippen LogP contribution >= 0.6 is 0 Å². The zero-order valence-corrected chi connectivity index (χ0v) is 23.4. The average molecular weight is 529 g/mol. The molecule has 2 N–H and O–H groups in total. The predicted octanol–water partition coefficient (Wildman–Crippen LogP) is 4.80. The van der Waals surface area contributed by atoms with Crippen molar-refractivity contribution in [2.75, 3.05) is 34.5 Å². The molecule has 0 radical (unpaired) electrons. The first-order chi connectivity index (χ1) is 18.1. The molecule has 208 valence electrons. The maximum Gasteiger partial charge on any atom is 0.329 e. The van der Waals surface area contributed by atoms with E-state index in [0.717, 1.165) is 22.3 Å². The second-order valence-electron chi connectivity index (χ2n) is 9.83. The number of ether oxygens (including phenoxy) is 4. The first-order valence-electron chi connectivity index (χ1n) is 12.8. The van der Waals surface area contributed by atoms with Crippen molar-refractivity contribution in [1.29, 1.82) is 0 Å². The zero-order valence-electron chi connectivity index (χ0n) is 23.4. The molecular weight excluding hydrogens is 488 g/mol. The van der Waals surface area contributed by atoms with Crippen molar-refractivity contribution in [3.63, 3.8) is 0 Å². The molecule has 1 aliphatic rings. The fraction of sp³-hybridized carbons (Fsp3) is 0.517. The van der Waals surface area contributed by atoms with Crippen molar-refractivity contribution in [3.05, 3.63) is 58.7 Å². The molecule has 0 heterocycles. The summed E-state index contributed by atoms with van der Waals surface area (Å²) in [5.74, 6) is 0.257. The minimum atomic E-state index is -1.37. The van der Waals surface area contributed by atoms with Gasteiger partial charge in [0.15, 0.2) is 0 Å². The Morgan fingerprint density at radius 3 is 2.29 bits per heavy atom. The van der Waals surface area contributed by atoms with E-state index in [0.29, 0.717) is 11.5 Å². The molecule has 0 spiro atoms. The standard InChI is InChI=1S/C29H40N2O7/c1-18-24(15-25(36-6)19(2)26(18)37-7)20(3)31(13-14-38-21(4)22-11-9-8-10-12-22)28(34)30-29(27(32)33)16-23(17-29)35-5/h8-12,15,20-21,23H,13-14,16-17H2,1-7H3,(H,30,34)(H,32,33). The van der Waals surface area contributed by atoms with E-state index in [2.05, 4.69) is 5.32 Å². The van der Waals surface area contributed by atoms with Crippen LogP contribution < -0.4 is 14.8 Å². The average Bonchev–Trinajstić information content (AvgIpc) is 2.88. The summed E-state index contributed by atoms with van der Waals surface area (Å²) in [6, 6.07) is 10.8. The van der Waals surface area contributed by atoms with E-state index in [1.165, 1.54) is 0 Å². The molecule has 2 amide bonds. The minimum absolute atomic E-state index is 0.169. The van der Waals surface area contributed by atoms with Crippen LogP contribution in [0.15, 0.2) is 36.4 Å². The molecule has 38 heavy (non-hydrogen) atoms. The Morgan fingerprint density at radius 1 is 1.08 bits per heavy atom. The Labute approximate surface area is 225 Å². The number of benzene rings is 2. The molecule has 2 aromatic carbocycles. The normalized spacial score (nSPS) is 20.1. The van der Waals surface area contributed by atoms with Crippen molar-refractivity contribution in [2.24, 2.45) is 0 Å². The Morgan fingerprint density at radius 2 is 1.74 bits per heavy atom. The number of nitrogens with one attached hydrogen (secondary N) is 1. The van der Waals surface area contributed by atoms with Gasteiger partial charge in [0.2, 0.25) is 0 Å². The van der Waals surface area contributed by atoms with Gasteiger partial charge in [0.25, 0.3) is 0 Å². The summed E-state index contributed by atoms with van der Waals surface area (Å²) >= 11 is 0. The van der Waals surface area contributed by atoms with E-state index >= 15 is 0 Å². The molecule has 2 unspecified atom stereocenters. The van der Waals surface area contributed by atoms with Crippen LogP contribution in [0.5, 0.6) is 11.5 Å². The summed E-state index contributed by atoms with van der Waals surface area (Å²) in [7, 11) is 4.74. The number of methoxy groups -OCH3 is 3. The Balaban J connectivity index is 1.88. The molecule has 1 aliphatic carbocycles. The van der Waals surface area contributed by atoms with Crippen molar-refractivity contribution < 1.29 is 33.6 Å². The molecule has 0 bridgehead atoms. The molecule has 9 heteroatoms. The topological polar surface area (TPSA) is 107 Å². The molecule has 9 nitrogen and oxygen atoms in total. The number of rotatable bonds is 12.